The third kappa shape index (κ3) is 2.13. The van der Waals surface area contributed by atoms with Crippen molar-refractivity contribution in [2.24, 2.45) is 0 Å². The van der Waals surface area contributed by atoms with Crippen molar-refractivity contribution >= 4 is 0 Å². The minimum atomic E-state index is 0.200. The van der Waals surface area contributed by atoms with Crippen LogP contribution in [-0.2, 0) is 4.74 Å². The minimum absolute atomic E-state index is 0.200. The van der Waals surface area contributed by atoms with Gasteiger partial charge in [-0.2, -0.15) is 0 Å². The zero-order valence-corrected chi connectivity index (χ0v) is 10.2. The van der Waals surface area contributed by atoms with Crippen LogP contribution in [0.1, 0.15) is 38.5 Å². The van der Waals surface area contributed by atoms with Crippen LogP contribution in [0.15, 0.2) is 0 Å². The summed E-state index contributed by atoms with van der Waals surface area (Å²) in [6.07, 6.45) is 8.14. The second kappa shape index (κ2) is 4.63. The van der Waals surface area contributed by atoms with Crippen molar-refractivity contribution in [3.8, 4) is 0 Å². The maximum atomic E-state index is 6.11. The molecule has 0 aromatic carbocycles. The zero-order valence-electron chi connectivity index (χ0n) is 10.2. The van der Waals surface area contributed by atoms with E-state index >= 15 is 0 Å². The molecule has 0 aromatic rings. The summed E-state index contributed by atoms with van der Waals surface area (Å²) >= 11 is 0. The maximum absolute atomic E-state index is 6.11. The van der Waals surface area contributed by atoms with E-state index in [2.05, 4.69) is 10.2 Å². The summed E-state index contributed by atoms with van der Waals surface area (Å²) in [7, 11) is 0. The molecule has 3 rings (SSSR count). The first-order valence-electron chi connectivity index (χ1n) is 6.97. The second-order valence-electron chi connectivity index (χ2n) is 5.69. The van der Waals surface area contributed by atoms with Crippen LogP contribution < -0.4 is 5.32 Å². The lowest BCUT2D eigenvalue weighted by Crippen LogP contribution is -2.58. The van der Waals surface area contributed by atoms with Crippen molar-refractivity contribution in [3.05, 3.63) is 0 Å². The molecule has 0 bridgehead atoms. The van der Waals surface area contributed by atoms with Gasteiger partial charge in [-0.1, -0.05) is 12.8 Å². The van der Waals surface area contributed by atoms with Crippen LogP contribution in [-0.4, -0.2) is 49.3 Å². The van der Waals surface area contributed by atoms with E-state index in [0.717, 1.165) is 25.7 Å². The number of hydrogen-bond donors (Lipinski definition) is 1. The molecule has 1 aliphatic carbocycles. The Morgan fingerprint density at radius 1 is 1.12 bits per heavy atom. The van der Waals surface area contributed by atoms with Gasteiger partial charge in [-0.15, -0.1) is 0 Å². The third-order valence-electron chi connectivity index (χ3n) is 4.63. The molecular formula is C13H24N2O. The van der Waals surface area contributed by atoms with Crippen LogP contribution in [0.4, 0.5) is 0 Å². The van der Waals surface area contributed by atoms with Crippen molar-refractivity contribution in [1.82, 2.24) is 10.2 Å². The molecule has 0 atom stereocenters. The molecule has 1 spiro atoms. The molecule has 16 heavy (non-hydrogen) atoms. The Labute approximate surface area is 98.5 Å². The third-order valence-corrected chi connectivity index (χ3v) is 4.63. The number of morpholine rings is 1. The predicted molar refractivity (Wildman–Crippen MR) is 64.6 cm³/mol. The Morgan fingerprint density at radius 2 is 1.88 bits per heavy atom. The summed E-state index contributed by atoms with van der Waals surface area (Å²) in [5, 5.41) is 3.44. The largest absolute Gasteiger partial charge is 0.372 e. The van der Waals surface area contributed by atoms with Gasteiger partial charge in [0.2, 0.25) is 0 Å². The average Bonchev–Trinajstić information content (AvgIpc) is 2.83. The fourth-order valence-electron chi connectivity index (χ4n) is 3.64. The summed E-state index contributed by atoms with van der Waals surface area (Å²) in [4.78, 5) is 2.72. The quantitative estimate of drug-likeness (QED) is 0.728. The van der Waals surface area contributed by atoms with Gasteiger partial charge in [-0.3, -0.25) is 4.90 Å². The SMILES string of the molecule is C1CCC(N2CCOC3(CCNCC3)C2)C1. The van der Waals surface area contributed by atoms with E-state index in [1.165, 1.54) is 51.6 Å². The lowest BCUT2D eigenvalue weighted by molar-refractivity contribution is -0.131. The molecule has 1 saturated carbocycles. The highest BCUT2D eigenvalue weighted by Crippen LogP contribution is 2.32. The van der Waals surface area contributed by atoms with E-state index in [-0.39, 0.29) is 5.60 Å². The fourth-order valence-corrected chi connectivity index (χ4v) is 3.64. The van der Waals surface area contributed by atoms with Gasteiger partial charge >= 0.3 is 0 Å². The summed E-state index contributed by atoms with van der Waals surface area (Å²) in [5.74, 6) is 0. The van der Waals surface area contributed by atoms with Crippen molar-refractivity contribution < 1.29 is 4.74 Å². The number of ether oxygens (including phenoxy) is 1. The maximum Gasteiger partial charge on any atom is 0.0833 e. The molecule has 0 amide bonds. The number of hydrogen-bond acceptors (Lipinski definition) is 3. The van der Waals surface area contributed by atoms with Gasteiger partial charge in [0.1, 0.15) is 0 Å². The molecule has 3 heteroatoms. The Kier molecular flexibility index (Phi) is 3.18. The number of piperidine rings is 1. The first-order valence-corrected chi connectivity index (χ1v) is 6.97. The molecule has 3 fully saturated rings. The molecule has 1 N–H and O–H groups in total. The van der Waals surface area contributed by atoms with Crippen LogP contribution in [0, 0.1) is 0 Å². The van der Waals surface area contributed by atoms with Crippen molar-refractivity contribution in [2.75, 3.05) is 32.8 Å². The normalized spacial score (nSPS) is 32.2. The number of nitrogens with zero attached hydrogens (tertiary/aromatic N) is 1. The summed E-state index contributed by atoms with van der Waals surface area (Å²) in [5.41, 5.74) is 0.200. The predicted octanol–water partition coefficient (Wildman–Crippen LogP) is 1.38. The molecule has 2 saturated heterocycles. The smallest absolute Gasteiger partial charge is 0.0833 e. The monoisotopic (exact) mass is 224 g/mol. The summed E-state index contributed by atoms with van der Waals surface area (Å²) < 4.78 is 6.11. The summed E-state index contributed by atoms with van der Waals surface area (Å²) in [6, 6.07) is 0.871. The molecule has 92 valence electrons. The van der Waals surface area contributed by atoms with E-state index in [1.54, 1.807) is 0 Å². The molecule has 0 aromatic heterocycles. The van der Waals surface area contributed by atoms with E-state index in [9.17, 15) is 0 Å². The van der Waals surface area contributed by atoms with Crippen molar-refractivity contribution in [1.29, 1.82) is 0 Å². The Morgan fingerprint density at radius 3 is 2.62 bits per heavy atom. The first-order chi connectivity index (χ1) is 7.88. The highest BCUT2D eigenvalue weighted by molar-refractivity contribution is 4.94. The van der Waals surface area contributed by atoms with Crippen molar-refractivity contribution in [3.63, 3.8) is 0 Å². The Balaban J connectivity index is 1.64. The minimum Gasteiger partial charge on any atom is -0.372 e. The van der Waals surface area contributed by atoms with Gasteiger partial charge in [0, 0.05) is 19.1 Å². The van der Waals surface area contributed by atoms with E-state index < -0.39 is 0 Å². The molecular weight excluding hydrogens is 200 g/mol. The van der Waals surface area contributed by atoms with Gasteiger partial charge < -0.3 is 10.1 Å². The number of rotatable bonds is 1. The standard InChI is InChI=1S/C13H24N2O/c1-2-4-12(3-1)15-9-10-16-13(11-15)5-7-14-8-6-13/h12,14H,1-11H2. The fraction of sp³-hybridized carbons (Fsp3) is 1.00. The van der Waals surface area contributed by atoms with E-state index in [0.29, 0.717) is 0 Å². The van der Waals surface area contributed by atoms with Gasteiger partial charge in [0.25, 0.3) is 0 Å². The molecule has 2 aliphatic heterocycles. The van der Waals surface area contributed by atoms with Gasteiger partial charge in [0.05, 0.1) is 12.2 Å². The summed E-state index contributed by atoms with van der Waals surface area (Å²) in [6.45, 7) is 5.59. The van der Waals surface area contributed by atoms with Crippen LogP contribution >= 0.6 is 0 Å². The van der Waals surface area contributed by atoms with Crippen LogP contribution in [0.25, 0.3) is 0 Å². The van der Waals surface area contributed by atoms with Crippen LogP contribution in [0.2, 0.25) is 0 Å². The highest BCUT2D eigenvalue weighted by atomic mass is 16.5. The molecule has 3 aliphatic rings. The molecule has 3 nitrogen and oxygen atoms in total. The van der Waals surface area contributed by atoms with Gasteiger partial charge in [0.15, 0.2) is 0 Å². The van der Waals surface area contributed by atoms with Crippen LogP contribution in [0.5, 0.6) is 0 Å². The van der Waals surface area contributed by atoms with Gasteiger partial charge in [-0.25, -0.2) is 0 Å². The lowest BCUT2D eigenvalue weighted by atomic mass is 9.89. The molecule has 0 unspecified atom stereocenters. The topological polar surface area (TPSA) is 24.5 Å². The number of nitrogens with one attached hydrogen (secondary N) is 1. The van der Waals surface area contributed by atoms with E-state index in [1.807, 2.05) is 0 Å². The Hall–Kier alpha value is -0.120. The van der Waals surface area contributed by atoms with E-state index in [4.69, 9.17) is 4.74 Å². The Bertz CT molecular complexity index is 227. The molecule has 2 heterocycles. The van der Waals surface area contributed by atoms with Gasteiger partial charge in [-0.05, 0) is 38.8 Å². The zero-order chi connectivity index (χ0) is 10.8. The lowest BCUT2D eigenvalue weighted by Gasteiger charge is -2.47. The van der Waals surface area contributed by atoms with Crippen molar-refractivity contribution in [2.45, 2.75) is 50.2 Å². The molecule has 0 radical (unpaired) electrons. The van der Waals surface area contributed by atoms with Crippen LogP contribution in [0.3, 0.4) is 0 Å². The average molecular weight is 224 g/mol. The highest BCUT2D eigenvalue weighted by Gasteiger charge is 2.39. The first kappa shape index (κ1) is 11.0. The second-order valence-corrected chi connectivity index (χ2v) is 5.69.